The van der Waals surface area contributed by atoms with E-state index in [9.17, 15) is 4.79 Å². The van der Waals surface area contributed by atoms with Gasteiger partial charge in [-0.2, -0.15) is 0 Å². The third-order valence-electron chi connectivity index (χ3n) is 2.27. The highest BCUT2D eigenvalue weighted by Gasteiger charge is 2.08. The van der Waals surface area contributed by atoms with Crippen molar-refractivity contribution in [1.29, 1.82) is 0 Å². The van der Waals surface area contributed by atoms with E-state index in [0.29, 0.717) is 11.4 Å². The van der Waals surface area contributed by atoms with E-state index in [1.165, 1.54) is 11.3 Å². The van der Waals surface area contributed by atoms with E-state index in [0.717, 1.165) is 19.5 Å². The molecule has 0 fully saturated rings. The summed E-state index contributed by atoms with van der Waals surface area (Å²) in [5.41, 5.74) is 0.961. The first kappa shape index (κ1) is 13.6. The molecule has 3 nitrogen and oxygen atoms in total. The Morgan fingerprint density at radius 1 is 1.22 bits per heavy atom. The predicted octanol–water partition coefficient (Wildman–Crippen LogP) is 4.58. The van der Waals surface area contributed by atoms with Gasteiger partial charge in [0.2, 0.25) is 0 Å². The summed E-state index contributed by atoms with van der Waals surface area (Å²) in [6, 6.07) is 9.28. The van der Waals surface area contributed by atoms with Gasteiger partial charge in [-0.15, -0.1) is 11.3 Å². The molecule has 0 spiro atoms. The molecule has 0 aliphatic heterocycles. The molecule has 18 heavy (non-hydrogen) atoms. The highest BCUT2D eigenvalue weighted by atomic mass is 79.9. The Morgan fingerprint density at radius 2 is 1.89 bits per heavy atom. The van der Waals surface area contributed by atoms with E-state index < -0.39 is 5.97 Å². The zero-order valence-electron chi connectivity index (χ0n) is 9.11. The second-order valence-corrected chi connectivity index (χ2v) is 6.40. The Morgan fingerprint density at radius 3 is 2.44 bits per heavy atom. The number of halogens is 2. The number of nitrogens with one attached hydrogen (secondary N) is 1. The number of hydrogen-bond acceptors (Lipinski definition) is 3. The smallest absolute Gasteiger partial charge is 0.345 e. The number of para-hydroxylation sites is 1. The van der Waals surface area contributed by atoms with Crippen molar-refractivity contribution < 1.29 is 9.90 Å². The highest BCUT2D eigenvalue weighted by Crippen LogP contribution is 2.31. The number of thiophene rings is 1. The maximum Gasteiger partial charge on any atom is 0.345 e. The number of hydrogen-bond donors (Lipinski definition) is 2. The third kappa shape index (κ3) is 3.13. The summed E-state index contributed by atoms with van der Waals surface area (Å²) < 4.78 is 1.93. The van der Waals surface area contributed by atoms with Crippen LogP contribution in [0.4, 0.5) is 5.69 Å². The zero-order valence-corrected chi connectivity index (χ0v) is 13.1. The van der Waals surface area contributed by atoms with Crippen LogP contribution in [0.3, 0.4) is 0 Å². The van der Waals surface area contributed by atoms with E-state index in [-0.39, 0.29) is 0 Å². The molecule has 1 aromatic carbocycles. The van der Waals surface area contributed by atoms with Crippen LogP contribution in [0.1, 0.15) is 14.5 Å². The Bertz CT molecular complexity index is 563. The van der Waals surface area contributed by atoms with Crippen molar-refractivity contribution >= 4 is 54.9 Å². The van der Waals surface area contributed by atoms with Crippen molar-refractivity contribution in [2.24, 2.45) is 0 Å². The fraction of sp³-hybridized carbons (Fsp3) is 0.0833. The first-order valence-electron chi connectivity index (χ1n) is 5.08. The molecular formula is C12H9Br2NO2S. The van der Waals surface area contributed by atoms with Crippen LogP contribution in [0.5, 0.6) is 0 Å². The highest BCUT2D eigenvalue weighted by molar-refractivity contribution is 9.11. The Balaban J connectivity index is 2.09. The number of carboxylic acids is 1. The van der Waals surface area contributed by atoms with Gasteiger partial charge in [0.25, 0.3) is 0 Å². The fourth-order valence-corrected chi connectivity index (χ4v) is 3.50. The van der Waals surface area contributed by atoms with Crippen molar-refractivity contribution in [2.45, 2.75) is 6.54 Å². The molecule has 0 bridgehead atoms. The number of anilines is 1. The van der Waals surface area contributed by atoms with Crippen molar-refractivity contribution in [3.63, 3.8) is 0 Å². The van der Waals surface area contributed by atoms with Gasteiger partial charge < -0.3 is 10.4 Å². The Kier molecular flexibility index (Phi) is 4.42. The summed E-state index contributed by atoms with van der Waals surface area (Å²) in [6.45, 7) is 0.596. The summed E-state index contributed by atoms with van der Waals surface area (Å²) in [5.74, 6) is -0.881. The molecule has 6 heteroatoms. The predicted molar refractivity (Wildman–Crippen MR) is 80.4 cm³/mol. The van der Waals surface area contributed by atoms with E-state index in [2.05, 4.69) is 37.2 Å². The summed E-state index contributed by atoms with van der Waals surface area (Å²) in [5, 5.41) is 12.1. The Labute approximate surface area is 125 Å². The molecule has 94 valence electrons. The van der Waals surface area contributed by atoms with E-state index in [1.807, 2.05) is 24.3 Å². The normalized spacial score (nSPS) is 10.3. The summed E-state index contributed by atoms with van der Waals surface area (Å²) in [6.07, 6.45) is 0. The largest absolute Gasteiger partial charge is 0.477 e. The lowest BCUT2D eigenvalue weighted by molar-refractivity contribution is 0.0702. The molecular weight excluding hydrogens is 382 g/mol. The van der Waals surface area contributed by atoms with E-state index in [4.69, 9.17) is 5.11 Å². The molecule has 0 radical (unpaired) electrons. The Hall–Kier alpha value is -0.850. The average molecular weight is 391 g/mol. The molecule has 1 heterocycles. The molecule has 0 saturated carbocycles. The van der Waals surface area contributed by atoms with E-state index >= 15 is 0 Å². The third-order valence-corrected chi connectivity index (χ3v) is 4.67. The minimum atomic E-state index is -0.881. The minimum Gasteiger partial charge on any atom is -0.477 e. The van der Waals surface area contributed by atoms with Crippen LogP contribution in [0.15, 0.2) is 39.3 Å². The van der Waals surface area contributed by atoms with Crippen LogP contribution < -0.4 is 5.32 Å². The van der Waals surface area contributed by atoms with Crippen LogP contribution in [-0.4, -0.2) is 11.1 Å². The second kappa shape index (κ2) is 5.86. The minimum absolute atomic E-state index is 0.359. The van der Waals surface area contributed by atoms with Gasteiger partial charge in [-0.3, -0.25) is 0 Å². The van der Waals surface area contributed by atoms with E-state index in [1.54, 1.807) is 6.07 Å². The fourth-order valence-electron chi connectivity index (χ4n) is 1.43. The maximum absolute atomic E-state index is 10.8. The summed E-state index contributed by atoms with van der Waals surface area (Å²) in [4.78, 5) is 12.1. The van der Waals surface area contributed by atoms with Gasteiger partial charge >= 0.3 is 5.97 Å². The number of benzene rings is 1. The average Bonchev–Trinajstić information content (AvgIpc) is 2.77. The van der Waals surface area contributed by atoms with Gasteiger partial charge in [0.15, 0.2) is 0 Å². The summed E-state index contributed by atoms with van der Waals surface area (Å²) in [7, 11) is 0. The second-order valence-electron chi connectivity index (χ2n) is 3.52. The lowest BCUT2D eigenvalue weighted by Crippen LogP contribution is -1.99. The van der Waals surface area contributed by atoms with Crippen molar-refractivity contribution in [1.82, 2.24) is 0 Å². The van der Waals surface area contributed by atoms with Gasteiger partial charge in [0.1, 0.15) is 4.88 Å². The molecule has 0 amide bonds. The lowest BCUT2D eigenvalue weighted by atomic mass is 10.3. The van der Waals surface area contributed by atoms with Gasteiger partial charge in [0.05, 0.1) is 5.69 Å². The molecule has 0 aliphatic rings. The quantitative estimate of drug-likeness (QED) is 0.802. The first-order valence-corrected chi connectivity index (χ1v) is 7.48. The number of rotatable bonds is 4. The SMILES string of the molecule is O=C(O)c1ccc(CNc2c(Br)cccc2Br)s1. The molecule has 2 aromatic rings. The zero-order chi connectivity index (χ0) is 13.1. The van der Waals surface area contributed by atoms with Crippen molar-refractivity contribution in [2.75, 3.05) is 5.32 Å². The number of aromatic carboxylic acids is 1. The molecule has 2 N–H and O–H groups in total. The van der Waals surface area contributed by atoms with Crippen molar-refractivity contribution in [3.8, 4) is 0 Å². The first-order chi connectivity index (χ1) is 8.58. The molecule has 1 aromatic heterocycles. The lowest BCUT2D eigenvalue weighted by Gasteiger charge is -2.09. The molecule has 2 rings (SSSR count). The van der Waals surface area contributed by atoms with Gasteiger partial charge in [-0.1, -0.05) is 6.07 Å². The van der Waals surface area contributed by atoms with Crippen LogP contribution in [0.2, 0.25) is 0 Å². The van der Waals surface area contributed by atoms with Crippen LogP contribution >= 0.6 is 43.2 Å². The topological polar surface area (TPSA) is 49.3 Å². The van der Waals surface area contributed by atoms with Crippen molar-refractivity contribution in [3.05, 3.63) is 49.0 Å². The summed E-state index contributed by atoms with van der Waals surface area (Å²) >= 11 is 8.21. The number of carboxylic acid groups (broad SMARTS) is 1. The van der Waals surface area contributed by atoms with Crippen LogP contribution in [-0.2, 0) is 6.54 Å². The molecule has 0 unspecified atom stereocenters. The molecule has 0 aliphatic carbocycles. The van der Waals surface area contributed by atoms with Gasteiger partial charge in [-0.05, 0) is 56.1 Å². The van der Waals surface area contributed by atoms with Gasteiger partial charge in [-0.25, -0.2) is 4.79 Å². The van der Waals surface area contributed by atoms with Crippen LogP contribution in [0, 0.1) is 0 Å². The molecule has 0 atom stereocenters. The standard InChI is InChI=1S/C12H9Br2NO2S/c13-8-2-1-3-9(14)11(8)15-6-7-4-5-10(18-7)12(16)17/h1-5,15H,6H2,(H,16,17). The monoisotopic (exact) mass is 389 g/mol. The molecule has 0 saturated heterocycles. The maximum atomic E-state index is 10.8. The number of carbonyl (C=O) groups is 1. The van der Waals surface area contributed by atoms with Crippen LogP contribution in [0.25, 0.3) is 0 Å². The van der Waals surface area contributed by atoms with Gasteiger partial charge in [0, 0.05) is 20.4 Å².